The Bertz CT molecular complexity index is 863. The van der Waals surface area contributed by atoms with Crippen LogP contribution in [0.5, 0.6) is 0 Å². The number of carboxylic acids is 1. The Hall–Kier alpha value is -2.45. The Morgan fingerprint density at radius 3 is 3.00 bits per heavy atom. The van der Waals surface area contributed by atoms with Crippen LogP contribution in [0.4, 0.5) is 5.95 Å². The third-order valence-electron chi connectivity index (χ3n) is 3.32. The molecule has 1 atom stereocenters. The van der Waals surface area contributed by atoms with Gasteiger partial charge in [-0.05, 0) is 29.7 Å². The van der Waals surface area contributed by atoms with Crippen molar-refractivity contribution in [3.63, 3.8) is 0 Å². The van der Waals surface area contributed by atoms with E-state index in [2.05, 4.69) is 21.5 Å². The van der Waals surface area contributed by atoms with Crippen LogP contribution < -0.4 is 5.32 Å². The lowest BCUT2D eigenvalue weighted by Gasteiger charge is -2.22. The van der Waals surface area contributed by atoms with Gasteiger partial charge in [-0.15, -0.1) is 22.7 Å². The molecule has 1 aliphatic heterocycles. The Kier molecular flexibility index (Phi) is 3.05. The molecule has 110 valence electrons. The maximum Gasteiger partial charge on any atom is 0.345 e. The number of nitrogens with one attached hydrogen (secondary N) is 1. The van der Waals surface area contributed by atoms with Crippen LogP contribution in [0.3, 0.4) is 0 Å². The average Bonchev–Trinajstić information content (AvgIpc) is 3.25. The van der Waals surface area contributed by atoms with Crippen molar-refractivity contribution >= 4 is 40.3 Å². The summed E-state index contributed by atoms with van der Waals surface area (Å²) in [4.78, 5) is 17.6. The Labute approximate surface area is 133 Å². The Morgan fingerprint density at radius 1 is 1.36 bits per heavy atom. The van der Waals surface area contributed by atoms with Gasteiger partial charge < -0.3 is 10.4 Å². The molecule has 1 aliphatic rings. The van der Waals surface area contributed by atoms with E-state index in [1.165, 1.54) is 17.7 Å². The van der Waals surface area contributed by atoms with E-state index in [0.717, 1.165) is 15.5 Å². The normalized spacial score (nSPS) is 16.7. The van der Waals surface area contributed by atoms with Gasteiger partial charge in [-0.3, -0.25) is 0 Å². The number of thiophene rings is 2. The van der Waals surface area contributed by atoms with Crippen LogP contribution in [0.1, 0.15) is 25.5 Å². The Balaban J connectivity index is 1.78. The molecule has 0 saturated heterocycles. The smallest absolute Gasteiger partial charge is 0.345 e. The van der Waals surface area contributed by atoms with Crippen molar-refractivity contribution in [2.75, 3.05) is 5.32 Å². The number of anilines is 1. The fourth-order valence-electron chi connectivity index (χ4n) is 2.34. The number of fused-ring (bicyclic) bond motifs is 1. The van der Waals surface area contributed by atoms with Crippen molar-refractivity contribution in [3.8, 4) is 0 Å². The molecule has 0 bridgehead atoms. The first kappa shape index (κ1) is 13.2. The number of allylic oxidation sites excluding steroid dienone is 1. The SMILES string of the molecule is O=C(O)c1ccc(C2=C[C@@H](c3cccs3)n3ncnc3N2)s1. The number of rotatable bonds is 3. The molecular formula is C14H10N4O2S2. The van der Waals surface area contributed by atoms with Crippen molar-refractivity contribution < 1.29 is 9.90 Å². The zero-order valence-corrected chi connectivity index (χ0v) is 12.8. The first-order chi connectivity index (χ1) is 10.7. The van der Waals surface area contributed by atoms with Gasteiger partial charge in [0.05, 0.1) is 10.6 Å². The van der Waals surface area contributed by atoms with Gasteiger partial charge >= 0.3 is 5.97 Å². The number of nitrogens with zero attached hydrogens (tertiary/aromatic N) is 3. The lowest BCUT2D eigenvalue weighted by Crippen LogP contribution is -2.19. The molecule has 0 aliphatic carbocycles. The monoisotopic (exact) mass is 330 g/mol. The minimum absolute atomic E-state index is 0.0378. The average molecular weight is 330 g/mol. The lowest BCUT2D eigenvalue weighted by atomic mass is 10.1. The number of hydrogen-bond acceptors (Lipinski definition) is 6. The zero-order chi connectivity index (χ0) is 15.1. The van der Waals surface area contributed by atoms with E-state index in [0.29, 0.717) is 10.8 Å². The highest BCUT2D eigenvalue weighted by Crippen LogP contribution is 2.35. The van der Waals surface area contributed by atoms with Crippen molar-refractivity contribution in [2.24, 2.45) is 0 Å². The molecule has 0 fully saturated rings. The molecule has 3 aromatic heterocycles. The third-order valence-corrected chi connectivity index (χ3v) is 5.37. The predicted octanol–water partition coefficient (Wildman–Crippen LogP) is 3.16. The van der Waals surface area contributed by atoms with Crippen molar-refractivity contribution in [3.05, 3.63) is 56.7 Å². The molecular weight excluding hydrogens is 320 g/mol. The molecule has 0 radical (unpaired) electrons. The number of aromatic nitrogens is 3. The van der Waals surface area contributed by atoms with Gasteiger partial charge in [0, 0.05) is 4.88 Å². The summed E-state index contributed by atoms with van der Waals surface area (Å²) in [7, 11) is 0. The van der Waals surface area contributed by atoms with Gasteiger partial charge in [0.15, 0.2) is 0 Å². The molecule has 2 N–H and O–H groups in total. The highest BCUT2D eigenvalue weighted by atomic mass is 32.1. The van der Waals surface area contributed by atoms with Gasteiger partial charge in [-0.25, -0.2) is 9.48 Å². The zero-order valence-electron chi connectivity index (χ0n) is 11.1. The predicted molar refractivity (Wildman–Crippen MR) is 85.4 cm³/mol. The van der Waals surface area contributed by atoms with Gasteiger partial charge in [-0.1, -0.05) is 6.07 Å². The van der Waals surface area contributed by atoms with Gasteiger partial charge in [0.25, 0.3) is 0 Å². The van der Waals surface area contributed by atoms with Crippen LogP contribution in [0.15, 0.2) is 42.0 Å². The quantitative estimate of drug-likeness (QED) is 0.771. The fraction of sp³-hybridized carbons (Fsp3) is 0.0714. The van der Waals surface area contributed by atoms with E-state index in [1.54, 1.807) is 17.4 Å². The highest BCUT2D eigenvalue weighted by molar-refractivity contribution is 7.15. The van der Waals surface area contributed by atoms with Crippen LogP contribution in [0.2, 0.25) is 0 Å². The van der Waals surface area contributed by atoms with Crippen LogP contribution >= 0.6 is 22.7 Å². The van der Waals surface area contributed by atoms with Crippen LogP contribution in [-0.4, -0.2) is 25.8 Å². The van der Waals surface area contributed by atoms with E-state index in [-0.39, 0.29) is 6.04 Å². The molecule has 8 heteroatoms. The van der Waals surface area contributed by atoms with E-state index in [1.807, 2.05) is 28.3 Å². The summed E-state index contributed by atoms with van der Waals surface area (Å²) in [5, 5.41) is 18.6. The second-order valence-electron chi connectivity index (χ2n) is 4.66. The lowest BCUT2D eigenvalue weighted by molar-refractivity contribution is 0.0702. The van der Waals surface area contributed by atoms with Crippen molar-refractivity contribution in [2.45, 2.75) is 6.04 Å². The molecule has 0 aromatic carbocycles. The van der Waals surface area contributed by atoms with E-state index >= 15 is 0 Å². The van der Waals surface area contributed by atoms with Gasteiger partial charge in [0.1, 0.15) is 17.2 Å². The van der Waals surface area contributed by atoms with Crippen LogP contribution in [-0.2, 0) is 0 Å². The minimum atomic E-state index is -0.911. The second kappa shape index (κ2) is 5.08. The van der Waals surface area contributed by atoms with Crippen molar-refractivity contribution in [1.82, 2.24) is 14.8 Å². The first-order valence-corrected chi connectivity index (χ1v) is 8.17. The molecule has 0 saturated carbocycles. The molecule has 3 aromatic rings. The molecule has 0 amide bonds. The highest BCUT2D eigenvalue weighted by Gasteiger charge is 2.24. The standard InChI is InChI=1S/C14H10N4O2S2/c19-13(20)12-4-3-10(22-12)8-6-9(11-2-1-5-21-11)18-14(17-8)15-7-16-18/h1-7,9H,(H,19,20)(H,15,16,17)/t9-/m0/s1. The summed E-state index contributed by atoms with van der Waals surface area (Å²) < 4.78 is 1.82. The van der Waals surface area contributed by atoms with Crippen molar-refractivity contribution in [1.29, 1.82) is 0 Å². The number of carbonyl (C=O) groups is 1. The maximum absolute atomic E-state index is 11.1. The summed E-state index contributed by atoms with van der Waals surface area (Å²) in [5.74, 6) is -0.258. The van der Waals surface area contributed by atoms with Crippen LogP contribution in [0.25, 0.3) is 5.70 Å². The summed E-state index contributed by atoms with van der Waals surface area (Å²) >= 11 is 2.89. The Morgan fingerprint density at radius 2 is 2.27 bits per heavy atom. The molecule has 6 nitrogen and oxygen atoms in total. The number of carboxylic acid groups (broad SMARTS) is 1. The molecule has 4 heterocycles. The summed E-state index contributed by atoms with van der Waals surface area (Å²) in [6, 6.07) is 7.44. The van der Waals surface area contributed by atoms with Crippen LogP contribution in [0, 0.1) is 0 Å². The molecule has 0 spiro atoms. The second-order valence-corrected chi connectivity index (χ2v) is 6.73. The largest absolute Gasteiger partial charge is 0.477 e. The van der Waals surface area contributed by atoms with Gasteiger partial charge in [-0.2, -0.15) is 10.1 Å². The number of aromatic carboxylic acids is 1. The topological polar surface area (TPSA) is 80.0 Å². The summed E-state index contributed by atoms with van der Waals surface area (Å²) in [6.07, 6.45) is 3.56. The molecule has 0 unspecified atom stereocenters. The fourth-order valence-corrected chi connectivity index (χ4v) is 3.94. The maximum atomic E-state index is 11.1. The van der Waals surface area contributed by atoms with Gasteiger partial charge in [0.2, 0.25) is 5.95 Å². The molecule has 4 rings (SSSR count). The minimum Gasteiger partial charge on any atom is -0.477 e. The third kappa shape index (κ3) is 2.13. The number of hydrogen-bond donors (Lipinski definition) is 2. The van der Waals surface area contributed by atoms with E-state index in [4.69, 9.17) is 5.11 Å². The summed E-state index contributed by atoms with van der Waals surface area (Å²) in [6.45, 7) is 0. The van der Waals surface area contributed by atoms with E-state index in [9.17, 15) is 4.79 Å². The van der Waals surface area contributed by atoms with E-state index < -0.39 is 5.97 Å². The first-order valence-electron chi connectivity index (χ1n) is 6.47. The molecule has 22 heavy (non-hydrogen) atoms. The summed E-state index contributed by atoms with van der Waals surface area (Å²) in [5.41, 5.74) is 0.858.